The molecule has 12 heteroatoms. The maximum absolute atomic E-state index is 13.1. The molecule has 37 heavy (non-hydrogen) atoms. The molecule has 4 atom stereocenters. The molecule has 0 heterocycles. The van der Waals surface area contributed by atoms with Crippen molar-refractivity contribution in [3.63, 3.8) is 0 Å². The van der Waals surface area contributed by atoms with E-state index in [1.807, 2.05) is 20.1 Å². The van der Waals surface area contributed by atoms with Gasteiger partial charge in [-0.1, -0.05) is 44.2 Å². The highest BCUT2D eigenvalue weighted by Gasteiger charge is 2.31. The standard InChI is InChI=1S/C25H39N5O6S/c1-15(2)13-19(24(34)30-20(25(35)36)14-16-7-5-4-6-8-16)29-23(33)18(9-10-21(27)31)28-22(32)17(26)11-12-37-3/h4-8,15,17-20H,9-14,26H2,1-3H3,(H2,27,31)(H,28,32)(H,29,33)(H,30,34)(H,35,36). The maximum Gasteiger partial charge on any atom is 0.326 e. The van der Waals surface area contributed by atoms with Gasteiger partial charge in [0.2, 0.25) is 23.6 Å². The highest BCUT2D eigenvalue weighted by Crippen LogP contribution is 2.09. The first-order valence-corrected chi connectivity index (χ1v) is 13.5. The minimum absolute atomic E-state index is 0.0212. The Morgan fingerprint density at radius 3 is 2.00 bits per heavy atom. The normalized spacial score (nSPS) is 14.2. The minimum atomic E-state index is -1.21. The van der Waals surface area contributed by atoms with E-state index in [2.05, 4.69) is 16.0 Å². The third-order valence-electron chi connectivity index (χ3n) is 5.52. The molecular formula is C25H39N5O6S. The Kier molecular flexibility index (Phi) is 14.3. The zero-order valence-corrected chi connectivity index (χ0v) is 22.4. The topological polar surface area (TPSA) is 194 Å². The van der Waals surface area contributed by atoms with Crippen LogP contribution in [-0.2, 0) is 30.4 Å². The molecule has 0 aliphatic carbocycles. The number of primary amides is 1. The average Bonchev–Trinajstić information content (AvgIpc) is 2.83. The van der Waals surface area contributed by atoms with Crippen molar-refractivity contribution >= 4 is 41.4 Å². The molecule has 1 aromatic carbocycles. The third kappa shape index (κ3) is 12.6. The van der Waals surface area contributed by atoms with Crippen LogP contribution in [0.15, 0.2) is 30.3 Å². The second-order valence-electron chi connectivity index (χ2n) is 9.23. The number of carboxylic acid groups (broad SMARTS) is 1. The van der Waals surface area contributed by atoms with Crippen LogP contribution in [0.5, 0.6) is 0 Å². The Balaban J connectivity index is 3.00. The van der Waals surface area contributed by atoms with Gasteiger partial charge in [0, 0.05) is 12.8 Å². The van der Waals surface area contributed by atoms with E-state index in [0.29, 0.717) is 12.2 Å². The van der Waals surface area contributed by atoms with Crippen LogP contribution in [0.2, 0.25) is 0 Å². The molecule has 1 aromatic rings. The number of carboxylic acids is 1. The summed E-state index contributed by atoms with van der Waals surface area (Å²) in [7, 11) is 0. The van der Waals surface area contributed by atoms with Crippen LogP contribution in [0.25, 0.3) is 0 Å². The summed E-state index contributed by atoms with van der Waals surface area (Å²) < 4.78 is 0. The lowest BCUT2D eigenvalue weighted by Gasteiger charge is -2.26. The lowest BCUT2D eigenvalue weighted by atomic mass is 10.0. The van der Waals surface area contributed by atoms with Gasteiger partial charge in [0.05, 0.1) is 6.04 Å². The number of thioether (sulfide) groups is 1. The van der Waals surface area contributed by atoms with Crippen LogP contribution < -0.4 is 27.4 Å². The van der Waals surface area contributed by atoms with Crippen LogP contribution in [0, 0.1) is 5.92 Å². The second-order valence-corrected chi connectivity index (χ2v) is 10.2. The number of carbonyl (C=O) groups is 5. The molecule has 1 rings (SSSR count). The average molecular weight is 538 g/mol. The number of aliphatic carboxylic acids is 1. The summed E-state index contributed by atoms with van der Waals surface area (Å²) >= 11 is 1.52. The Hall–Kier alpha value is -3.12. The van der Waals surface area contributed by atoms with E-state index in [9.17, 15) is 29.1 Å². The summed E-state index contributed by atoms with van der Waals surface area (Å²) in [5.41, 5.74) is 11.9. The van der Waals surface area contributed by atoms with E-state index < -0.39 is 53.8 Å². The van der Waals surface area contributed by atoms with Gasteiger partial charge in [0.25, 0.3) is 0 Å². The molecule has 0 bridgehead atoms. The number of hydrogen-bond donors (Lipinski definition) is 6. The van der Waals surface area contributed by atoms with E-state index >= 15 is 0 Å². The molecule has 0 saturated heterocycles. The fourth-order valence-electron chi connectivity index (χ4n) is 3.51. The molecule has 0 aliphatic rings. The highest BCUT2D eigenvalue weighted by atomic mass is 32.2. The summed E-state index contributed by atoms with van der Waals surface area (Å²) in [6.07, 6.45) is 2.31. The van der Waals surface area contributed by atoms with Crippen molar-refractivity contribution < 1.29 is 29.1 Å². The molecule has 0 fully saturated rings. The van der Waals surface area contributed by atoms with E-state index in [0.717, 1.165) is 5.56 Å². The quantitative estimate of drug-likeness (QED) is 0.162. The summed E-state index contributed by atoms with van der Waals surface area (Å²) in [5.74, 6) is -3.15. The van der Waals surface area contributed by atoms with Gasteiger partial charge in [0.1, 0.15) is 18.1 Å². The number of nitrogens with one attached hydrogen (secondary N) is 3. The van der Waals surface area contributed by atoms with Crippen molar-refractivity contribution in [3.05, 3.63) is 35.9 Å². The second kappa shape index (κ2) is 16.6. The monoisotopic (exact) mass is 537 g/mol. The lowest BCUT2D eigenvalue weighted by Crippen LogP contribution is -2.57. The Bertz CT molecular complexity index is 914. The van der Waals surface area contributed by atoms with Gasteiger partial charge in [0.15, 0.2) is 0 Å². The predicted molar refractivity (Wildman–Crippen MR) is 142 cm³/mol. The smallest absolute Gasteiger partial charge is 0.326 e. The Morgan fingerprint density at radius 2 is 1.46 bits per heavy atom. The first kappa shape index (κ1) is 31.9. The van der Waals surface area contributed by atoms with Gasteiger partial charge in [-0.3, -0.25) is 19.2 Å². The van der Waals surface area contributed by atoms with Crippen LogP contribution >= 0.6 is 11.8 Å². The van der Waals surface area contributed by atoms with E-state index in [-0.39, 0.29) is 31.6 Å². The van der Waals surface area contributed by atoms with Crippen molar-refractivity contribution in [2.45, 2.75) is 70.1 Å². The largest absolute Gasteiger partial charge is 0.480 e. The molecular weight excluding hydrogens is 498 g/mol. The molecule has 0 radical (unpaired) electrons. The lowest BCUT2D eigenvalue weighted by molar-refractivity contribution is -0.142. The first-order valence-electron chi connectivity index (χ1n) is 12.1. The molecule has 0 saturated carbocycles. The van der Waals surface area contributed by atoms with Gasteiger partial charge < -0.3 is 32.5 Å². The fraction of sp³-hybridized carbons (Fsp3) is 0.560. The highest BCUT2D eigenvalue weighted by molar-refractivity contribution is 7.98. The molecule has 0 spiro atoms. The SMILES string of the molecule is CSCCC(N)C(=O)NC(CCC(N)=O)C(=O)NC(CC(C)C)C(=O)NC(Cc1ccccc1)C(=O)O. The summed E-state index contributed by atoms with van der Waals surface area (Å²) in [4.78, 5) is 61.9. The Morgan fingerprint density at radius 1 is 0.892 bits per heavy atom. The zero-order chi connectivity index (χ0) is 28.0. The number of amides is 4. The zero-order valence-electron chi connectivity index (χ0n) is 21.6. The molecule has 11 nitrogen and oxygen atoms in total. The van der Waals surface area contributed by atoms with Crippen LogP contribution in [0.3, 0.4) is 0 Å². The number of nitrogens with two attached hydrogens (primary N) is 2. The van der Waals surface area contributed by atoms with Crippen LogP contribution in [0.1, 0.15) is 45.1 Å². The van der Waals surface area contributed by atoms with Gasteiger partial charge >= 0.3 is 5.97 Å². The van der Waals surface area contributed by atoms with E-state index in [4.69, 9.17) is 11.5 Å². The Labute approximate surface area is 221 Å². The maximum atomic E-state index is 13.1. The fourth-order valence-corrected chi connectivity index (χ4v) is 4.00. The number of hydrogen-bond acceptors (Lipinski definition) is 7. The summed E-state index contributed by atoms with van der Waals surface area (Å²) in [6, 6.07) is 4.58. The molecule has 206 valence electrons. The van der Waals surface area contributed by atoms with E-state index in [1.165, 1.54) is 11.8 Å². The van der Waals surface area contributed by atoms with Crippen molar-refractivity contribution in [2.75, 3.05) is 12.0 Å². The molecule has 0 aromatic heterocycles. The molecule has 0 aliphatic heterocycles. The van der Waals surface area contributed by atoms with Crippen LogP contribution in [0.4, 0.5) is 0 Å². The predicted octanol–water partition coefficient (Wildman–Crippen LogP) is 0.160. The van der Waals surface area contributed by atoms with E-state index in [1.54, 1.807) is 30.3 Å². The minimum Gasteiger partial charge on any atom is -0.480 e. The number of carbonyl (C=O) groups excluding carboxylic acids is 4. The first-order chi connectivity index (χ1) is 17.4. The van der Waals surface area contributed by atoms with Gasteiger partial charge in [-0.05, 0) is 42.8 Å². The summed E-state index contributed by atoms with van der Waals surface area (Å²) in [6.45, 7) is 3.70. The molecule has 4 amide bonds. The third-order valence-corrected chi connectivity index (χ3v) is 6.16. The summed E-state index contributed by atoms with van der Waals surface area (Å²) in [5, 5.41) is 17.3. The van der Waals surface area contributed by atoms with Crippen molar-refractivity contribution in [1.82, 2.24) is 16.0 Å². The van der Waals surface area contributed by atoms with Crippen molar-refractivity contribution in [1.29, 1.82) is 0 Å². The number of benzene rings is 1. The number of rotatable bonds is 17. The molecule has 4 unspecified atom stereocenters. The van der Waals surface area contributed by atoms with Crippen molar-refractivity contribution in [2.24, 2.45) is 17.4 Å². The van der Waals surface area contributed by atoms with Crippen LogP contribution in [-0.4, -0.2) is 70.9 Å². The van der Waals surface area contributed by atoms with Gasteiger partial charge in [-0.15, -0.1) is 0 Å². The molecule has 8 N–H and O–H groups in total. The van der Waals surface area contributed by atoms with Gasteiger partial charge in [-0.2, -0.15) is 11.8 Å². The van der Waals surface area contributed by atoms with Gasteiger partial charge in [-0.25, -0.2) is 4.79 Å². The van der Waals surface area contributed by atoms with Crippen molar-refractivity contribution in [3.8, 4) is 0 Å².